The SMILES string of the molecule is CCNC(=NCc1nc(C(C)(C)C)cs1)NCC1COc2ccccc2O1.I. The fourth-order valence-electron chi connectivity index (χ4n) is 2.59. The summed E-state index contributed by atoms with van der Waals surface area (Å²) in [6.45, 7) is 11.1. The summed E-state index contributed by atoms with van der Waals surface area (Å²) in [6, 6.07) is 7.74. The highest BCUT2D eigenvalue weighted by Gasteiger charge is 2.21. The summed E-state index contributed by atoms with van der Waals surface area (Å²) in [5.74, 6) is 2.34. The molecule has 0 saturated carbocycles. The van der Waals surface area contributed by atoms with Gasteiger partial charge in [-0.25, -0.2) is 9.98 Å². The Morgan fingerprint density at radius 1 is 1.25 bits per heavy atom. The summed E-state index contributed by atoms with van der Waals surface area (Å²) in [7, 11) is 0. The predicted molar refractivity (Wildman–Crippen MR) is 125 cm³/mol. The number of aromatic nitrogens is 1. The van der Waals surface area contributed by atoms with E-state index in [0.717, 1.165) is 34.7 Å². The molecule has 2 aromatic rings. The van der Waals surface area contributed by atoms with Crippen LogP contribution in [0.25, 0.3) is 0 Å². The lowest BCUT2D eigenvalue weighted by molar-refractivity contribution is 0.0936. The molecule has 0 saturated heterocycles. The van der Waals surface area contributed by atoms with Crippen LogP contribution in [0, 0.1) is 0 Å². The van der Waals surface area contributed by atoms with E-state index in [1.165, 1.54) is 0 Å². The van der Waals surface area contributed by atoms with Crippen LogP contribution in [0.2, 0.25) is 0 Å². The van der Waals surface area contributed by atoms with E-state index in [0.29, 0.717) is 19.7 Å². The van der Waals surface area contributed by atoms with Crippen molar-refractivity contribution in [2.45, 2.75) is 45.8 Å². The Morgan fingerprint density at radius 2 is 2.00 bits per heavy atom. The molecule has 1 aromatic heterocycles. The Morgan fingerprint density at radius 3 is 2.68 bits per heavy atom. The highest BCUT2D eigenvalue weighted by atomic mass is 127. The molecule has 0 fully saturated rings. The van der Waals surface area contributed by atoms with Crippen molar-refractivity contribution in [3.63, 3.8) is 0 Å². The van der Waals surface area contributed by atoms with Gasteiger partial charge in [0, 0.05) is 17.3 Å². The summed E-state index contributed by atoms with van der Waals surface area (Å²) in [5, 5.41) is 9.75. The van der Waals surface area contributed by atoms with Gasteiger partial charge in [-0.15, -0.1) is 35.3 Å². The number of thiazole rings is 1. The van der Waals surface area contributed by atoms with Gasteiger partial charge in [0.15, 0.2) is 17.5 Å². The molecule has 154 valence electrons. The Labute approximate surface area is 188 Å². The fourth-order valence-corrected chi connectivity index (χ4v) is 3.53. The van der Waals surface area contributed by atoms with Crippen molar-refractivity contribution in [2.75, 3.05) is 19.7 Å². The minimum Gasteiger partial charge on any atom is -0.486 e. The number of benzene rings is 1. The highest BCUT2D eigenvalue weighted by molar-refractivity contribution is 14.0. The van der Waals surface area contributed by atoms with Crippen LogP contribution in [0.4, 0.5) is 0 Å². The van der Waals surface area contributed by atoms with E-state index in [2.05, 4.69) is 48.7 Å². The molecule has 1 atom stereocenters. The topological polar surface area (TPSA) is 67.8 Å². The van der Waals surface area contributed by atoms with Crippen LogP contribution in [-0.2, 0) is 12.0 Å². The molecule has 0 radical (unpaired) electrons. The van der Waals surface area contributed by atoms with Crippen LogP contribution in [0.5, 0.6) is 11.5 Å². The van der Waals surface area contributed by atoms with Gasteiger partial charge >= 0.3 is 0 Å². The van der Waals surface area contributed by atoms with Crippen molar-refractivity contribution in [2.24, 2.45) is 4.99 Å². The molecule has 6 nitrogen and oxygen atoms in total. The first kappa shape index (κ1) is 22.7. The number of para-hydroxylation sites is 2. The van der Waals surface area contributed by atoms with Crippen LogP contribution in [-0.4, -0.2) is 36.7 Å². The number of rotatable bonds is 5. The third-order valence-electron chi connectivity index (χ3n) is 4.10. The van der Waals surface area contributed by atoms with E-state index in [9.17, 15) is 0 Å². The Hall–Kier alpha value is -1.55. The van der Waals surface area contributed by atoms with Gasteiger partial charge < -0.3 is 20.1 Å². The second-order valence-electron chi connectivity index (χ2n) is 7.45. The summed E-state index contributed by atoms with van der Waals surface area (Å²) >= 11 is 1.66. The van der Waals surface area contributed by atoms with Crippen molar-refractivity contribution in [3.05, 3.63) is 40.3 Å². The zero-order valence-corrected chi connectivity index (χ0v) is 20.0. The average molecular weight is 516 g/mol. The fraction of sp³-hybridized carbons (Fsp3) is 0.500. The van der Waals surface area contributed by atoms with E-state index >= 15 is 0 Å². The van der Waals surface area contributed by atoms with Gasteiger partial charge in [-0.1, -0.05) is 32.9 Å². The summed E-state index contributed by atoms with van der Waals surface area (Å²) in [4.78, 5) is 9.35. The maximum absolute atomic E-state index is 5.98. The normalized spacial score (nSPS) is 16.3. The summed E-state index contributed by atoms with van der Waals surface area (Å²) < 4.78 is 11.7. The van der Waals surface area contributed by atoms with Crippen molar-refractivity contribution in [1.82, 2.24) is 15.6 Å². The monoisotopic (exact) mass is 516 g/mol. The maximum atomic E-state index is 5.98. The van der Waals surface area contributed by atoms with Gasteiger partial charge in [-0.3, -0.25) is 0 Å². The first-order valence-corrected chi connectivity index (χ1v) is 10.2. The van der Waals surface area contributed by atoms with Crippen LogP contribution in [0.15, 0.2) is 34.6 Å². The lowest BCUT2D eigenvalue weighted by atomic mass is 9.93. The van der Waals surface area contributed by atoms with E-state index in [1.54, 1.807) is 11.3 Å². The number of fused-ring (bicyclic) bond motifs is 1. The highest BCUT2D eigenvalue weighted by Crippen LogP contribution is 2.30. The molecule has 1 unspecified atom stereocenters. The molecule has 1 aromatic carbocycles. The maximum Gasteiger partial charge on any atom is 0.191 e. The quantitative estimate of drug-likeness (QED) is 0.358. The number of ether oxygens (including phenoxy) is 2. The summed E-state index contributed by atoms with van der Waals surface area (Å²) in [6.07, 6.45) is -0.0592. The third kappa shape index (κ3) is 6.23. The van der Waals surface area contributed by atoms with E-state index in [1.807, 2.05) is 24.3 Å². The van der Waals surface area contributed by atoms with Crippen LogP contribution < -0.4 is 20.1 Å². The van der Waals surface area contributed by atoms with Gasteiger partial charge in [0.2, 0.25) is 0 Å². The zero-order chi connectivity index (χ0) is 19.3. The molecule has 2 N–H and O–H groups in total. The van der Waals surface area contributed by atoms with Crippen molar-refractivity contribution in [3.8, 4) is 11.5 Å². The zero-order valence-electron chi connectivity index (χ0n) is 16.8. The average Bonchev–Trinajstić information content (AvgIpc) is 3.13. The smallest absolute Gasteiger partial charge is 0.191 e. The van der Waals surface area contributed by atoms with Gasteiger partial charge in [0.05, 0.1) is 18.8 Å². The number of aliphatic imine (C=N–C) groups is 1. The second kappa shape index (κ2) is 10.3. The number of hydrogen-bond donors (Lipinski definition) is 2. The molecular weight excluding hydrogens is 487 g/mol. The molecule has 28 heavy (non-hydrogen) atoms. The molecule has 3 rings (SSSR count). The van der Waals surface area contributed by atoms with Gasteiger partial charge in [0.25, 0.3) is 0 Å². The van der Waals surface area contributed by atoms with Gasteiger partial charge in [-0.05, 0) is 19.1 Å². The van der Waals surface area contributed by atoms with E-state index in [4.69, 9.17) is 14.5 Å². The van der Waals surface area contributed by atoms with Crippen LogP contribution >= 0.6 is 35.3 Å². The standard InChI is InChI=1S/C20H28N4O2S.HI/c1-5-21-19(23-11-18-24-17(13-27-18)20(2,3)4)22-10-14-12-25-15-8-6-7-9-16(15)26-14;/h6-9,13-14H,5,10-12H2,1-4H3,(H2,21,22,23);1H. The molecule has 1 aliphatic rings. The number of halogens is 1. The Bertz CT molecular complexity index is 789. The largest absolute Gasteiger partial charge is 0.486 e. The lowest BCUT2D eigenvalue weighted by Gasteiger charge is -2.27. The van der Waals surface area contributed by atoms with Gasteiger partial charge in [0.1, 0.15) is 17.7 Å². The second-order valence-corrected chi connectivity index (χ2v) is 8.39. The minimum absolute atomic E-state index is 0. The first-order chi connectivity index (χ1) is 13.0. The number of hydrogen-bond acceptors (Lipinski definition) is 5. The molecule has 0 bridgehead atoms. The molecule has 1 aliphatic heterocycles. The van der Waals surface area contributed by atoms with Crippen molar-refractivity contribution >= 4 is 41.3 Å². The number of nitrogens with one attached hydrogen (secondary N) is 2. The van der Waals surface area contributed by atoms with Gasteiger partial charge in [-0.2, -0.15) is 0 Å². The Balaban J connectivity index is 0.00000280. The number of nitrogens with zero attached hydrogens (tertiary/aromatic N) is 2. The molecule has 0 spiro atoms. The van der Waals surface area contributed by atoms with E-state index in [-0.39, 0.29) is 35.5 Å². The predicted octanol–water partition coefficient (Wildman–Crippen LogP) is 3.95. The van der Waals surface area contributed by atoms with Crippen molar-refractivity contribution < 1.29 is 9.47 Å². The molecular formula is C20H29IN4O2S. The molecule has 2 heterocycles. The molecule has 8 heteroatoms. The number of guanidine groups is 1. The van der Waals surface area contributed by atoms with Crippen LogP contribution in [0.3, 0.4) is 0 Å². The third-order valence-corrected chi connectivity index (χ3v) is 4.94. The molecule has 0 aliphatic carbocycles. The Kier molecular flexibility index (Phi) is 8.36. The van der Waals surface area contributed by atoms with E-state index < -0.39 is 0 Å². The van der Waals surface area contributed by atoms with Crippen molar-refractivity contribution in [1.29, 1.82) is 0 Å². The van der Waals surface area contributed by atoms with Crippen LogP contribution in [0.1, 0.15) is 38.4 Å². The summed E-state index contributed by atoms with van der Waals surface area (Å²) in [5.41, 5.74) is 1.18. The minimum atomic E-state index is -0.0592. The lowest BCUT2D eigenvalue weighted by Crippen LogP contribution is -2.45. The first-order valence-electron chi connectivity index (χ1n) is 9.31. The molecule has 0 amide bonds.